The molecule has 1 N–H and O–H groups in total. The van der Waals surface area contributed by atoms with Crippen molar-refractivity contribution in [3.05, 3.63) is 18.0 Å². The van der Waals surface area contributed by atoms with E-state index in [0.717, 1.165) is 25.8 Å². The summed E-state index contributed by atoms with van der Waals surface area (Å²) in [5.41, 5.74) is 0.663. The third kappa shape index (κ3) is 3.17. The Hall–Kier alpha value is -0.850. The van der Waals surface area contributed by atoms with Gasteiger partial charge in [-0.3, -0.25) is 0 Å². The summed E-state index contributed by atoms with van der Waals surface area (Å²) in [6.07, 6.45) is 4.42. The summed E-state index contributed by atoms with van der Waals surface area (Å²) < 4.78 is 29.2. The Balaban J connectivity index is 2.35. The van der Waals surface area contributed by atoms with E-state index in [9.17, 15) is 13.5 Å². The van der Waals surface area contributed by atoms with E-state index in [4.69, 9.17) is 0 Å². The highest BCUT2D eigenvalue weighted by Gasteiger charge is 2.37. The molecular weight excluding hydrogens is 288 g/mol. The highest BCUT2D eigenvalue weighted by Crippen LogP contribution is 2.30. The van der Waals surface area contributed by atoms with E-state index in [1.54, 1.807) is 16.6 Å². The van der Waals surface area contributed by atoms with E-state index < -0.39 is 10.0 Å². The summed E-state index contributed by atoms with van der Waals surface area (Å²) in [6, 6.07) is 1.70. The lowest BCUT2D eigenvalue weighted by Gasteiger charge is -2.26. The topological polar surface area (TPSA) is 62.5 Å². The maximum Gasteiger partial charge on any atom is 0.244 e. The first kappa shape index (κ1) is 16.5. The lowest BCUT2D eigenvalue weighted by molar-refractivity contribution is 0.270. The molecule has 0 saturated carbocycles. The average Bonchev–Trinajstić information content (AvgIpc) is 3.05. The molecule has 1 aliphatic rings. The number of aliphatic hydroxyl groups excluding tert-OH is 1. The zero-order valence-corrected chi connectivity index (χ0v) is 13.9. The van der Waals surface area contributed by atoms with Crippen LogP contribution in [0.3, 0.4) is 0 Å². The quantitative estimate of drug-likeness (QED) is 0.875. The van der Waals surface area contributed by atoms with E-state index in [1.165, 1.54) is 0 Å². The van der Waals surface area contributed by atoms with Crippen molar-refractivity contribution in [1.29, 1.82) is 0 Å². The Labute approximate surface area is 127 Å². The van der Waals surface area contributed by atoms with Crippen LogP contribution in [0.2, 0.25) is 0 Å². The van der Waals surface area contributed by atoms with Gasteiger partial charge >= 0.3 is 0 Å². The molecule has 0 spiro atoms. The van der Waals surface area contributed by atoms with Gasteiger partial charge in [-0.1, -0.05) is 20.8 Å². The van der Waals surface area contributed by atoms with Gasteiger partial charge in [0.15, 0.2) is 0 Å². The second-order valence-corrected chi connectivity index (χ2v) is 7.98. The van der Waals surface area contributed by atoms with Crippen LogP contribution in [0.5, 0.6) is 0 Å². The molecule has 0 radical (unpaired) electrons. The molecule has 0 aliphatic carbocycles. The summed E-state index contributed by atoms with van der Waals surface area (Å²) in [6.45, 7) is 7.35. The van der Waals surface area contributed by atoms with Crippen LogP contribution in [0.25, 0.3) is 0 Å². The van der Waals surface area contributed by atoms with Crippen LogP contribution in [0.15, 0.2) is 17.2 Å². The maximum absolute atomic E-state index is 12.9. The molecule has 1 aromatic rings. The van der Waals surface area contributed by atoms with Crippen molar-refractivity contribution in [3.8, 4) is 0 Å². The maximum atomic E-state index is 12.9. The van der Waals surface area contributed by atoms with E-state index in [0.29, 0.717) is 23.1 Å². The van der Waals surface area contributed by atoms with E-state index in [-0.39, 0.29) is 12.6 Å². The minimum atomic E-state index is -3.46. The van der Waals surface area contributed by atoms with Crippen molar-refractivity contribution in [3.63, 3.8) is 0 Å². The molecule has 0 bridgehead atoms. The number of hydrogen-bond acceptors (Lipinski definition) is 3. The number of aliphatic hydroxyl groups is 1. The lowest BCUT2D eigenvalue weighted by Crippen LogP contribution is -2.38. The van der Waals surface area contributed by atoms with Gasteiger partial charge in [0.1, 0.15) is 4.90 Å². The summed E-state index contributed by atoms with van der Waals surface area (Å²) >= 11 is 0. The first-order chi connectivity index (χ1) is 9.91. The van der Waals surface area contributed by atoms with Gasteiger partial charge < -0.3 is 9.67 Å². The molecule has 2 rings (SSSR count). The molecule has 1 aromatic heterocycles. The van der Waals surface area contributed by atoms with E-state index in [2.05, 4.69) is 13.8 Å². The molecule has 6 heteroatoms. The SMILES string of the molecule is CCCn1cc(S(=O)(=O)N2CCCC2C(C)C)cc1CO. The molecule has 1 aliphatic heterocycles. The van der Waals surface area contributed by atoms with Gasteiger partial charge in [0.2, 0.25) is 10.0 Å². The van der Waals surface area contributed by atoms with Crippen molar-refractivity contribution >= 4 is 10.0 Å². The number of aromatic nitrogens is 1. The van der Waals surface area contributed by atoms with Crippen LogP contribution >= 0.6 is 0 Å². The highest BCUT2D eigenvalue weighted by atomic mass is 32.2. The van der Waals surface area contributed by atoms with Crippen molar-refractivity contribution in [1.82, 2.24) is 8.87 Å². The average molecular weight is 314 g/mol. The monoisotopic (exact) mass is 314 g/mol. The highest BCUT2D eigenvalue weighted by molar-refractivity contribution is 7.89. The van der Waals surface area contributed by atoms with Crippen molar-refractivity contribution in [2.75, 3.05) is 6.54 Å². The third-order valence-corrected chi connectivity index (χ3v) is 6.10. The molecule has 1 fully saturated rings. The van der Waals surface area contributed by atoms with Gasteiger partial charge in [-0.15, -0.1) is 0 Å². The molecule has 21 heavy (non-hydrogen) atoms. The van der Waals surface area contributed by atoms with Crippen molar-refractivity contribution in [2.24, 2.45) is 5.92 Å². The van der Waals surface area contributed by atoms with Gasteiger partial charge in [-0.25, -0.2) is 8.42 Å². The van der Waals surface area contributed by atoms with Crippen LogP contribution in [0.4, 0.5) is 0 Å². The second kappa shape index (κ2) is 6.50. The normalized spacial score (nSPS) is 20.5. The minimum Gasteiger partial charge on any atom is -0.390 e. The molecule has 2 heterocycles. The van der Waals surface area contributed by atoms with Crippen LogP contribution in [-0.2, 0) is 23.2 Å². The number of hydrogen-bond donors (Lipinski definition) is 1. The smallest absolute Gasteiger partial charge is 0.244 e. The van der Waals surface area contributed by atoms with Gasteiger partial charge in [-0.05, 0) is 31.2 Å². The minimum absolute atomic E-state index is 0.0853. The first-order valence-electron chi connectivity index (χ1n) is 7.73. The number of rotatable bonds is 6. The standard InChI is InChI=1S/C15H26N2O3S/c1-4-7-16-10-14(9-13(16)11-18)21(19,20)17-8-5-6-15(17)12(2)3/h9-10,12,15,18H,4-8,11H2,1-3H3. The largest absolute Gasteiger partial charge is 0.390 e. The molecule has 5 nitrogen and oxygen atoms in total. The number of sulfonamides is 1. The fourth-order valence-corrected chi connectivity index (χ4v) is 5.00. The van der Waals surface area contributed by atoms with Crippen molar-refractivity contribution in [2.45, 2.75) is 64.1 Å². The van der Waals surface area contributed by atoms with Crippen LogP contribution < -0.4 is 0 Å². The zero-order chi connectivity index (χ0) is 15.6. The molecule has 0 amide bonds. The van der Waals surface area contributed by atoms with Gasteiger partial charge in [0.25, 0.3) is 0 Å². The van der Waals surface area contributed by atoms with Gasteiger partial charge in [0, 0.05) is 31.0 Å². The number of aryl methyl sites for hydroxylation is 1. The molecule has 0 aromatic carbocycles. The molecule has 1 atom stereocenters. The fraction of sp³-hybridized carbons (Fsp3) is 0.733. The van der Waals surface area contributed by atoms with Crippen molar-refractivity contribution < 1.29 is 13.5 Å². The zero-order valence-electron chi connectivity index (χ0n) is 13.1. The fourth-order valence-electron chi connectivity index (χ4n) is 3.11. The second-order valence-electron chi connectivity index (χ2n) is 6.09. The van der Waals surface area contributed by atoms with E-state index >= 15 is 0 Å². The summed E-state index contributed by atoms with van der Waals surface area (Å²) in [7, 11) is -3.46. The Bertz CT molecular complexity index is 578. The predicted molar refractivity (Wildman–Crippen MR) is 82.4 cm³/mol. The van der Waals surface area contributed by atoms with Crippen LogP contribution in [-0.4, -0.2) is 35.0 Å². The molecule has 1 saturated heterocycles. The summed E-state index contributed by atoms with van der Waals surface area (Å²) in [5.74, 6) is 0.317. The Morgan fingerprint density at radius 3 is 2.71 bits per heavy atom. The Morgan fingerprint density at radius 2 is 2.14 bits per heavy atom. The summed E-state index contributed by atoms with van der Waals surface area (Å²) in [5, 5.41) is 9.40. The number of nitrogens with zero attached hydrogens (tertiary/aromatic N) is 2. The first-order valence-corrected chi connectivity index (χ1v) is 9.17. The van der Waals surface area contributed by atoms with Gasteiger partial charge in [-0.2, -0.15) is 4.31 Å². The summed E-state index contributed by atoms with van der Waals surface area (Å²) in [4.78, 5) is 0.313. The molecular formula is C15H26N2O3S. The van der Waals surface area contributed by atoms with Crippen LogP contribution in [0.1, 0.15) is 45.7 Å². The Morgan fingerprint density at radius 1 is 1.43 bits per heavy atom. The molecule has 1 unspecified atom stereocenters. The molecule has 120 valence electrons. The van der Waals surface area contributed by atoms with Crippen LogP contribution in [0, 0.1) is 5.92 Å². The van der Waals surface area contributed by atoms with E-state index in [1.807, 2.05) is 11.5 Å². The lowest BCUT2D eigenvalue weighted by atomic mass is 10.0. The third-order valence-electron chi connectivity index (χ3n) is 4.21. The predicted octanol–water partition coefficient (Wildman–Crippen LogP) is 2.20. The Kier molecular flexibility index (Phi) is 5.11. The van der Waals surface area contributed by atoms with Gasteiger partial charge in [0.05, 0.1) is 6.61 Å².